The predicted molar refractivity (Wildman–Crippen MR) is 76.5 cm³/mol. The summed E-state index contributed by atoms with van der Waals surface area (Å²) in [6, 6.07) is 1.12. The van der Waals surface area contributed by atoms with Crippen molar-refractivity contribution in [3.05, 3.63) is 0 Å². The number of hydrogen-bond donors (Lipinski definition) is 1. The summed E-state index contributed by atoms with van der Waals surface area (Å²) in [5.74, 6) is 0.826. The van der Waals surface area contributed by atoms with Crippen molar-refractivity contribution in [2.24, 2.45) is 5.92 Å². The lowest BCUT2D eigenvalue weighted by molar-refractivity contribution is 0.00776. The first kappa shape index (κ1) is 16.9. The van der Waals surface area contributed by atoms with E-state index in [9.17, 15) is 0 Å². The molecule has 2 atom stereocenters. The van der Waals surface area contributed by atoms with E-state index in [-0.39, 0.29) is 5.60 Å². The average molecular weight is 243 g/mol. The molecular weight excluding hydrogens is 210 g/mol. The first-order valence-electron chi connectivity index (χ1n) is 7.08. The van der Waals surface area contributed by atoms with Crippen LogP contribution in [-0.2, 0) is 4.74 Å². The summed E-state index contributed by atoms with van der Waals surface area (Å²) in [4.78, 5) is 0. The van der Waals surface area contributed by atoms with Gasteiger partial charge in [0.25, 0.3) is 0 Å². The van der Waals surface area contributed by atoms with Gasteiger partial charge in [0, 0.05) is 19.2 Å². The topological polar surface area (TPSA) is 21.3 Å². The third-order valence-corrected chi connectivity index (χ3v) is 3.34. The Hall–Kier alpha value is -0.0800. The third-order valence-electron chi connectivity index (χ3n) is 3.34. The molecular formula is C15H33NO. The van der Waals surface area contributed by atoms with Gasteiger partial charge in [-0.15, -0.1) is 0 Å². The molecule has 0 aliphatic rings. The Labute approximate surface area is 109 Å². The second-order valence-electron chi connectivity index (χ2n) is 6.46. The smallest absolute Gasteiger partial charge is 0.0637 e. The van der Waals surface area contributed by atoms with E-state index in [0.717, 1.165) is 12.3 Å². The van der Waals surface area contributed by atoms with Gasteiger partial charge in [-0.05, 0) is 46.5 Å². The van der Waals surface area contributed by atoms with Crippen molar-refractivity contribution in [2.75, 3.05) is 7.11 Å². The summed E-state index contributed by atoms with van der Waals surface area (Å²) >= 11 is 0. The van der Waals surface area contributed by atoms with E-state index in [4.69, 9.17) is 4.74 Å². The average Bonchev–Trinajstić information content (AvgIpc) is 2.15. The Morgan fingerprint density at radius 1 is 1.00 bits per heavy atom. The summed E-state index contributed by atoms with van der Waals surface area (Å²) in [5, 5.41) is 3.66. The highest BCUT2D eigenvalue weighted by molar-refractivity contribution is 4.77. The van der Waals surface area contributed by atoms with E-state index >= 15 is 0 Å². The van der Waals surface area contributed by atoms with Crippen LogP contribution in [-0.4, -0.2) is 24.8 Å². The molecule has 0 heterocycles. The van der Waals surface area contributed by atoms with E-state index in [1.165, 1.54) is 19.3 Å². The van der Waals surface area contributed by atoms with Crippen LogP contribution in [0.15, 0.2) is 0 Å². The summed E-state index contributed by atoms with van der Waals surface area (Å²) in [7, 11) is 1.79. The Balaban J connectivity index is 3.76. The molecule has 0 spiro atoms. The van der Waals surface area contributed by atoms with E-state index in [2.05, 4.69) is 46.9 Å². The largest absolute Gasteiger partial charge is 0.379 e. The lowest BCUT2D eigenvalue weighted by Crippen LogP contribution is -2.40. The Kier molecular flexibility index (Phi) is 8.06. The summed E-state index contributed by atoms with van der Waals surface area (Å²) in [6.45, 7) is 13.4. The van der Waals surface area contributed by atoms with Crippen LogP contribution in [0.2, 0.25) is 0 Å². The van der Waals surface area contributed by atoms with Crippen molar-refractivity contribution < 1.29 is 4.74 Å². The second-order valence-corrected chi connectivity index (χ2v) is 6.46. The minimum atomic E-state index is -0.0237. The van der Waals surface area contributed by atoms with Crippen LogP contribution >= 0.6 is 0 Å². The molecule has 0 aromatic rings. The van der Waals surface area contributed by atoms with Gasteiger partial charge in [0.1, 0.15) is 0 Å². The molecule has 0 aromatic carbocycles. The zero-order valence-corrected chi connectivity index (χ0v) is 13.0. The van der Waals surface area contributed by atoms with Gasteiger partial charge in [-0.1, -0.05) is 26.7 Å². The van der Waals surface area contributed by atoms with Crippen molar-refractivity contribution in [1.82, 2.24) is 5.32 Å². The van der Waals surface area contributed by atoms with E-state index in [1.54, 1.807) is 7.11 Å². The number of hydrogen-bond acceptors (Lipinski definition) is 2. The molecule has 17 heavy (non-hydrogen) atoms. The predicted octanol–water partition coefficient (Wildman–Crippen LogP) is 3.99. The number of nitrogens with one attached hydrogen (secondary N) is 1. The quantitative estimate of drug-likeness (QED) is 0.661. The fourth-order valence-electron chi connectivity index (χ4n) is 2.28. The highest BCUT2D eigenvalue weighted by Crippen LogP contribution is 2.16. The normalized spacial score (nSPS) is 16.2. The molecule has 0 saturated carbocycles. The molecule has 0 radical (unpaired) electrons. The standard InChI is InChI=1S/C15H33NO/c1-12(2)9-8-10-13(3)16-14(4)11-15(5,6)17-7/h12-14,16H,8-11H2,1-7H3. The molecule has 2 heteroatoms. The van der Waals surface area contributed by atoms with Crippen molar-refractivity contribution in [3.63, 3.8) is 0 Å². The SMILES string of the molecule is COC(C)(C)CC(C)NC(C)CCCC(C)C. The molecule has 0 amide bonds. The Morgan fingerprint density at radius 3 is 2.06 bits per heavy atom. The van der Waals surface area contributed by atoms with Crippen molar-refractivity contribution in [2.45, 2.75) is 84.9 Å². The number of ether oxygens (including phenoxy) is 1. The van der Waals surface area contributed by atoms with Crippen LogP contribution in [0.5, 0.6) is 0 Å². The molecule has 2 nitrogen and oxygen atoms in total. The zero-order valence-electron chi connectivity index (χ0n) is 13.0. The Morgan fingerprint density at radius 2 is 1.59 bits per heavy atom. The van der Waals surface area contributed by atoms with Crippen LogP contribution in [0.3, 0.4) is 0 Å². The van der Waals surface area contributed by atoms with Gasteiger partial charge < -0.3 is 10.1 Å². The fourth-order valence-corrected chi connectivity index (χ4v) is 2.28. The first-order chi connectivity index (χ1) is 7.76. The fraction of sp³-hybridized carbons (Fsp3) is 1.00. The van der Waals surface area contributed by atoms with Gasteiger partial charge >= 0.3 is 0 Å². The van der Waals surface area contributed by atoms with Gasteiger partial charge in [-0.25, -0.2) is 0 Å². The lowest BCUT2D eigenvalue weighted by atomic mass is 9.98. The van der Waals surface area contributed by atoms with E-state index in [1.807, 2.05) is 0 Å². The number of rotatable bonds is 9. The van der Waals surface area contributed by atoms with Gasteiger partial charge in [-0.3, -0.25) is 0 Å². The minimum absolute atomic E-state index is 0.0237. The van der Waals surface area contributed by atoms with Crippen LogP contribution in [0, 0.1) is 5.92 Å². The first-order valence-corrected chi connectivity index (χ1v) is 7.08. The lowest BCUT2D eigenvalue weighted by Gasteiger charge is -2.29. The highest BCUT2D eigenvalue weighted by atomic mass is 16.5. The van der Waals surface area contributed by atoms with Gasteiger partial charge in [0.2, 0.25) is 0 Å². The Bertz CT molecular complexity index is 189. The van der Waals surface area contributed by atoms with Gasteiger partial charge in [0.05, 0.1) is 5.60 Å². The second kappa shape index (κ2) is 8.10. The molecule has 0 aliphatic heterocycles. The van der Waals surface area contributed by atoms with Crippen molar-refractivity contribution >= 4 is 0 Å². The molecule has 0 rings (SSSR count). The maximum absolute atomic E-state index is 5.46. The molecule has 0 fully saturated rings. The van der Waals surface area contributed by atoms with Crippen molar-refractivity contribution in [1.29, 1.82) is 0 Å². The molecule has 0 aliphatic carbocycles. The maximum atomic E-state index is 5.46. The highest BCUT2D eigenvalue weighted by Gasteiger charge is 2.20. The van der Waals surface area contributed by atoms with Crippen LogP contribution in [0.4, 0.5) is 0 Å². The minimum Gasteiger partial charge on any atom is -0.379 e. The monoisotopic (exact) mass is 243 g/mol. The molecule has 0 saturated heterocycles. The zero-order chi connectivity index (χ0) is 13.5. The van der Waals surface area contributed by atoms with Crippen molar-refractivity contribution in [3.8, 4) is 0 Å². The summed E-state index contributed by atoms with van der Waals surface area (Å²) < 4.78 is 5.46. The molecule has 0 aromatic heterocycles. The summed E-state index contributed by atoms with van der Waals surface area (Å²) in [5.41, 5.74) is -0.0237. The number of methoxy groups -OCH3 is 1. The maximum Gasteiger partial charge on any atom is 0.0637 e. The molecule has 2 unspecified atom stereocenters. The van der Waals surface area contributed by atoms with Gasteiger partial charge in [0.15, 0.2) is 0 Å². The third kappa shape index (κ3) is 9.61. The van der Waals surface area contributed by atoms with E-state index in [0.29, 0.717) is 12.1 Å². The van der Waals surface area contributed by atoms with Crippen LogP contribution < -0.4 is 5.32 Å². The van der Waals surface area contributed by atoms with Crippen LogP contribution in [0.1, 0.15) is 67.2 Å². The molecule has 0 bridgehead atoms. The molecule has 1 N–H and O–H groups in total. The van der Waals surface area contributed by atoms with Crippen LogP contribution in [0.25, 0.3) is 0 Å². The molecule has 104 valence electrons. The summed E-state index contributed by atoms with van der Waals surface area (Å²) in [6.07, 6.45) is 4.99. The van der Waals surface area contributed by atoms with E-state index < -0.39 is 0 Å². The van der Waals surface area contributed by atoms with Gasteiger partial charge in [-0.2, -0.15) is 0 Å².